The van der Waals surface area contributed by atoms with Gasteiger partial charge in [0.2, 0.25) is 11.8 Å². The van der Waals surface area contributed by atoms with Gasteiger partial charge >= 0.3 is 22.0 Å². The van der Waals surface area contributed by atoms with E-state index in [4.69, 9.17) is 4.74 Å². The van der Waals surface area contributed by atoms with Crippen molar-refractivity contribution in [1.82, 2.24) is 23.5 Å². The molecule has 4 rings (SSSR count). The number of carbonyl (C=O) groups excluding carboxylic acids is 3. The van der Waals surface area contributed by atoms with Crippen LogP contribution < -0.4 is 15.7 Å². The molecule has 13 heteroatoms. The number of carbonyl (C=O) groups is 3. The molecule has 2 aliphatic heterocycles. The summed E-state index contributed by atoms with van der Waals surface area (Å²) in [5, 5.41) is 2.30. The smallest absolute Gasteiger partial charge is 0.422 e. The average molecular weight is 522 g/mol. The van der Waals surface area contributed by atoms with Crippen molar-refractivity contribution in [3.05, 3.63) is 34.2 Å². The second-order valence-electron chi connectivity index (χ2n) is 10.2. The van der Waals surface area contributed by atoms with E-state index >= 15 is 0 Å². The summed E-state index contributed by atoms with van der Waals surface area (Å²) >= 11 is 0. The van der Waals surface area contributed by atoms with Gasteiger partial charge in [-0.2, -0.15) is 12.7 Å². The molecular formula is C23H31N5O7S. The fourth-order valence-electron chi connectivity index (χ4n) is 4.76. The van der Waals surface area contributed by atoms with Gasteiger partial charge in [-0.25, -0.2) is 14.3 Å². The lowest BCUT2D eigenvalue weighted by atomic mass is 9.90. The third-order valence-electron chi connectivity index (χ3n) is 6.51. The molecule has 0 radical (unpaired) electrons. The first-order chi connectivity index (χ1) is 16.8. The average Bonchev–Trinajstić information content (AvgIpc) is 3.02. The fourth-order valence-corrected chi connectivity index (χ4v) is 5.84. The van der Waals surface area contributed by atoms with Crippen molar-refractivity contribution in [3.63, 3.8) is 0 Å². The van der Waals surface area contributed by atoms with Gasteiger partial charge < -0.3 is 4.74 Å². The van der Waals surface area contributed by atoms with Crippen LogP contribution in [0.2, 0.25) is 0 Å². The van der Waals surface area contributed by atoms with Crippen molar-refractivity contribution in [3.8, 4) is 0 Å². The van der Waals surface area contributed by atoms with E-state index in [-0.39, 0.29) is 43.4 Å². The zero-order valence-electron chi connectivity index (χ0n) is 20.7. The number of ether oxygens (including phenoxy) is 1. The highest BCUT2D eigenvalue weighted by Gasteiger charge is 2.33. The Morgan fingerprint density at radius 3 is 2.36 bits per heavy atom. The summed E-state index contributed by atoms with van der Waals surface area (Å²) in [4.78, 5) is 48.8. The Hall–Kier alpha value is -3.19. The topological polar surface area (TPSA) is 149 Å². The number of rotatable bonds is 4. The van der Waals surface area contributed by atoms with Gasteiger partial charge in [-0.3, -0.25) is 24.0 Å². The van der Waals surface area contributed by atoms with E-state index in [0.717, 1.165) is 5.56 Å². The lowest BCUT2D eigenvalue weighted by Crippen LogP contribution is -2.47. The van der Waals surface area contributed by atoms with Crippen LogP contribution in [0, 0.1) is 0 Å². The molecule has 2 N–H and O–H groups in total. The summed E-state index contributed by atoms with van der Waals surface area (Å²) in [5.41, 5.74) is 1.05. The third kappa shape index (κ3) is 5.16. The highest BCUT2D eigenvalue weighted by atomic mass is 32.2. The quantitative estimate of drug-likeness (QED) is 0.576. The van der Waals surface area contributed by atoms with Crippen LogP contribution in [0.5, 0.6) is 0 Å². The van der Waals surface area contributed by atoms with Crippen LogP contribution in [0.4, 0.5) is 4.79 Å². The number of imide groups is 1. The van der Waals surface area contributed by atoms with E-state index in [1.807, 2.05) is 16.9 Å². The van der Waals surface area contributed by atoms with Gasteiger partial charge in [-0.1, -0.05) is 6.07 Å². The molecule has 1 unspecified atom stereocenters. The molecule has 1 atom stereocenters. The van der Waals surface area contributed by atoms with Gasteiger partial charge in [-0.15, -0.1) is 0 Å². The Bertz CT molecular complexity index is 1380. The van der Waals surface area contributed by atoms with Crippen molar-refractivity contribution < 1.29 is 27.5 Å². The number of imidazole rings is 1. The number of aryl methyl sites for hydroxylation is 1. The SMILES string of the molecule is Cn1c(=O)n(C2CCC(=O)NC2=O)c2ccc(C3CCN(S(=O)(=O)NC(=O)OC(C)(C)C)CC3)cc21. The number of nitrogens with zero attached hydrogens (tertiary/aromatic N) is 3. The number of aromatic nitrogens is 2. The van der Waals surface area contributed by atoms with Gasteiger partial charge in [-0.05, 0) is 63.6 Å². The molecule has 1 aromatic carbocycles. The number of hydrogen-bond acceptors (Lipinski definition) is 7. The Morgan fingerprint density at radius 2 is 1.75 bits per heavy atom. The Morgan fingerprint density at radius 1 is 1.08 bits per heavy atom. The molecule has 2 aromatic rings. The number of piperidine rings is 2. The lowest BCUT2D eigenvalue weighted by Gasteiger charge is -2.31. The van der Waals surface area contributed by atoms with Gasteiger partial charge in [0.1, 0.15) is 11.6 Å². The van der Waals surface area contributed by atoms with E-state index in [9.17, 15) is 27.6 Å². The maximum absolute atomic E-state index is 13.0. The number of benzene rings is 1. The predicted octanol–water partition coefficient (Wildman–Crippen LogP) is 1.27. The molecule has 196 valence electrons. The molecule has 1 aromatic heterocycles. The minimum absolute atomic E-state index is 0.0522. The zero-order chi connectivity index (χ0) is 26.4. The summed E-state index contributed by atoms with van der Waals surface area (Å²) < 4.78 is 36.3. The molecule has 3 amide bonds. The van der Waals surface area contributed by atoms with Gasteiger partial charge in [0.15, 0.2) is 0 Å². The summed E-state index contributed by atoms with van der Waals surface area (Å²) in [5.74, 6) is -0.781. The molecule has 0 aliphatic carbocycles. The number of amides is 3. The predicted molar refractivity (Wildman–Crippen MR) is 130 cm³/mol. The molecule has 0 spiro atoms. The van der Waals surface area contributed by atoms with Crippen LogP contribution in [0.1, 0.15) is 64.0 Å². The number of hydrogen-bond donors (Lipinski definition) is 2. The van der Waals surface area contributed by atoms with Crippen LogP contribution in [-0.4, -0.2) is 58.5 Å². The van der Waals surface area contributed by atoms with Gasteiger partial charge in [0, 0.05) is 26.6 Å². The number of nitrogens with one attached hydrogen (secondary N) is 2. The summed E-state index contributed by atoms with van der Waals surface area (Å²) in [6.45, 7) is 5.39. The monoisotopic (exact) mass is 521 g/mol. The molecule has 2 aliphatic rings. The Balaban J connectivity index is 1.49. The van der Waals surface area contributed by atoms with Crippen LogP contribution in [0.15, 0.2) is 23.0 Å². The largest absolute Gasteiger partial charge is 0.443 e. The molecule has 36 heavy (non-hydrogen) atoms. The molecule has 3 heterocycles. The van der Waals surface area contributed by atoms with Crippen LogP contribution in [0.25, 0.3) is 11.0 Å². The molecule has 2 saturated heterocycles. The minimum Gasteiger partial charge on any atom is -0.443 e. The number of fused-ring (bicyclic) bond motifs is 1. The van der Waals surface area contributed by atoms with E-state index in [1.165, 1.54) is 13.4 Å². The van der Waals surface area contributed by atoms with Crippen molar-refractivity contribution in [2.45, 2.75) is 64.0 Å². The summed E-state index contributed by atoms with van der Waals surface area (Å²) in [6, 6.07) is 4.82. The van der Waals surface area contributed by atoms with Crippen LogP contribution in [0.3, 0.4) is 0 Å². The zero-order valence-corrected chi connectivity index (χ0v) is 21.6. The van der Waals surface area contributed by atoms with Crippen molar-refractivity contribution in [2.75, 3.05) is 13.1 Å². The molecule has 12 nitrogen and oxygen atoms in total. The van der Waals surface area contributed by atoms with E-state index in [0.29, 0.717) is 23.9 Å². The molecular weight excluding hydrogens is 490 g/mol. The van der Waals surface area contributed by atoms with E-state index in [1.54, 1.807) is 33.9 Å². The minimum atomic E-state index is -4.03. The molecule has 0 bridgehead atoms. The highest BCUT2D eigenvalue weighted by Crippen LogP contribution is 2.32. The highest BCUT2D eigenvalue weighted by molar-refractivity contribution is 7.87. The normalized spacial score (nSPS) is 20.4. The second-order valence-corrected chi connectivity index (χ2v) is 11.9. The van der Waals surface area contributed by atoms with Crippen LogP contribution >= 0.6 is 0 Å². The summed E-state index contributed by atoms with van der Waals surface area (Å²) in [7, 11) is -2.39. The van der Waals surface area contributed by atoms with E-state index in [2.05, 4.69) is 5.32 Å². The molecule has 0 saturated carbocycles. The second kappa shape index (κ2) is 9.36. The first-order valence-electron chi connectivity index (χ1n) is 11.8. The first kappa shape index (κ1) is 25.9. The van der Waals surface area contributed by atoms with Gasteiger partial charge in [0.25, 0.3) is 0 Å². The van der Waals surface area contributed by atoms with Crippen molar-refractivity contribution in [1.29, 1.82) is 0 Å². The maximum atomic E-state index is 13.0. The van der Waals surface area contributed by atoms with Gasteiger partial charge in [0.05, 0.1) is 11.0 Å². The molecule has 2 fully saturated rings. The third-order valence-corrected chi connectivity index (χ3v) is 7.98. The van der Waals surface area contributed by atoms with Crippen molar-refractivity contribution >= 4 is 39.2 Å². The Kier molecular flexibility index (Phi) is 6.73. The standard InChI is InChI=1S/C23H31N5O7S/c1-23(2,3)35-21(31)25-36(33,34)27-11-9-14(10-12-27)15-5-6-16-18(13-15)26(4)22(32)28(16)17-7-8-19(29)24-20(17)30/h5-6,13-14,17H,7-12H2,1-4H3,(H,25,31)(H,24,29,30). The van der Waals surface area contributed by atoms with Crippen molar-refractivity contribution in [2.24, 2.45) is 7.05 Å². The Labute approximate surface area is 208 Å². The lowest BCUT2D eigenvalue weighted by molar-refractivity contribution is -0.135. The van der Waals surface area contributed by atoms with Crippen LogP contribution in [-0.2, 0) is 31.6 Å². The fraction of sp³-hybridized carbons (Fsp3) is 0.565. The maximum Gasteiger partial charge on any atom is 0.422 e. The first-order valence-corrected chi connectivity index (χ1v) is 13.3. The van der Waals surface area contributed by atoms with E-state index < -0.39 is 33.9 Å². The summed E-state index contributed by atoms with van der Waals surface area (Å²) in [6.07, 6.45) is 0.471.